The first kappa shape index (κ1) is 20.0. The van der Waals surface area contributed by atoms with E-state index in [1.54, 1.807) is 0 Å². The second kappa shape index (κ2) is 9.46. The Hall–Kier alpha value is -1.73. The second-order valence-electron chi connectivity index (χ2n) is 7.66. The summed E-state index contributed by atoms with van der Waals surface area (Å²) < 4.78 is 5.57. The molecule has 7 nitrogen and oxygen atoms in total. The van der Waals surface area contributed by atoms with Crippen molar-refractivity contribution in [3.63, 3.8) is 0 Å². The Morgan fingerprint density at radius 2 is 2.04 bits per heavy atom. The number of nitrogens with zero attached hydrogens (tertiary/aromatic N) is 4. The number of carbonyl (C=O) groups excluding carboxylic acids is 1. The molecule has 27 heavy (non-hydrogen) atoms. The molecule has 0 aromatic carbocycles. The van der Waals surface area contributed by atoms with Crippen molar-refractivity contribution in [2.45, 2.75) is 58.5 Å². The predicted molar refractivity (Wildman–Crippen MR) is 106 cm³/mol. The van der Waals surface area contributed by atoms with Crippen LogP contribution < -0.4 is 10.2 Å². The van der Waals surface area contributed by atoms with Gasteiger partial charge in [-0.05, 0) is 39.7 Å². The lowest BCUT2D eigenvalue weighted by atomic mass is 10.0. The summed E-state index contributed by atoms with van der Waals surface area (Å²) in [4.78, 5) is 26.3. The Labute approximate surface area is 162 Å². The maximum Gasteiger partial charge on any atom is 0.239 e. The second-order valence-corrected chi connectivity index (χ2v) is 7.66. The maximum atomic E-state index is 12.8. The highest BCUT2D eigenvalue weighted by atomic mass is 16.5. The van der Waals surface area contributed by atoms with Gasteiger partial charge in [0.15, 0.2) is 0 Å². The van der Waals surface area contributed by atoms with E-state index in [0.717, 1.165) is 75.8 Å². The van der Waals surface area contributed by atoms with Crippen LogP contribution >= 0.6 is 0 Å². The first-order chi connectivity index (χ1) is 13.1. The Morgan fingerprint density at radius 1 is 1.26 bits per heavy atom. The van der Waals surface area contributed by atoms with Crippen molar-refractivity contribution >= 4 is 11.7 Å². The number of ether oxygens (including phenoxy) is 1. The molecule has 2 aliphatic heterocycles. The monoisotopic (exact) mass is 375 g/mol. The van der Waals surface area contributed by atoms with Crippen LogP contribution in [0.3, 0.4) is 0 Å². The van der Waals surface area contributed by atoms with E-state index in [1.165, 1.54) is 0 Å². The Bertz CT molecular complexity index is 611. The topological polar surface area (TPSA) is 70.6 Å². The molecule has 0 spiro atoms. The zero-order chi connectivity index (χ0) is 19.2. The first-order valence-electron chi connectivity index (χ1n) is 10.3. The molecule has 3 heterocycles. The van der Waals surface area contributed by atoms with Gasteiger partial charge in [-0.3, -0.25) is 9.69 Å². The van der Waals surface area contributed by atoms with Gasteiger partial charge in [0, 0.05) is 37.4 Å². The van der Waals surface area contributed by atoms with E-state index in [1.807, 2.05) is 19.9 Å². The number of aryl methyl sites for hydroxylation is 2. The zero-order valence-corrected chi connectivity index (χ0v) is 16.9. The molecule has 1 N–H and O–H groups in total. The number of rotatable bonds is 6. The van der Waals surface area contributed by atoms with Crippen molar-refractivity contribution < 1.29 is 9.53 Å². The summed E-state index contributed by atoms with van der Waals surface area (Å²) in [6.45, 7) is 11.0. The highest BCUT2D eigenvalue weighted by molar-refractivity contribution is 5.82. The van der Waals surface area contributed by atoms with Crippen molar-refractivity contribution in [3.8, 4) is 0 Å². The van der Waals surface area contributed by atoms with Crippen LogP contribution in [-0.2, 0) is 9.53 Å². The summed E-state index contributed by atoms with van der Waals surface area (Å²) in [6.07, 6.45) is 4.15. The number of nitrogens with one attached hydrogen (secondary N) is 1. The van der Waals surface area contributed by atoms with Gasteiger partial charge in [0.2, 0.25) is 5.91 Å². The van der Waals surface area contributed by atoms with E-state index in [0.29, 0.717) is 6.61 Å². The van der Waals surface area contributed by atoms with Crippen LogP contribution in [0.5, 0.6) is 0 Å². The molecule has 1 unspecified atom stereocenters. The number of amides is 1. The summed E-state index contributed by atoms with van der Waals surface area (Å²) in [5.41, 5.74) is 0.998. The van der Waals surface area contributed by atoms with Crippen molar-refractivity contribution in [1.82, 2.24) is 20.2 Å². The molecule has 2 fully saturated rings. The van der Waals surface area contributed by atoms with Gasteiger partial charge < -0.3 is 15.0 Å². The van der Waals surface area contributed by atoms with Crippen LogP contribution in [0.1, 0.15) is 44.1 Å². The minimum atomic E-state index is -0.143. The molecular weight excluding hydrogens is 342 g/mol. The van der Waals surface area contributed by atoms with Crippen LogP contribution in [0.4, 0.5) is 5.82 Å². The molecule has 150 valence electrons. The lowest BCUT2D eigenvalue weighted by Gasteiger charge is -2.37. The number of carbonyl (C=O) groups is 1. The Morgan fingerprint density at radius 3 is 2.74 bits per heavy atom. The Balaban J connectivity index is 1.51. The van der Waals surface area contributed by atoms with Crippen molar-refractivity contribution in [2.24, 2.45) is 0 Å². The van der Waals surface area contributed by atoms with Gasteiger partial charge in [0.1, 0.15) is 17.7 Å². The van der Waals surface area contributed by atoms with Crippen LogP contribution in [0.15, 0.2) is 6.07 Å². The first-order valence-corrected chi connectivity index (χ1v) is 10.3. The molecule has 3 rings (SSSR count). The van der Waals surface area contributed by atoms with Crippen molar-refractivity contribution in [2.75, 3.05) is 44.3 Å². The number of anilines is 1. The number of hydrogen-bond acceptors (Lipinski definition) is 6. The zero-order valence-electron chi connectivity index (χ0n) is 16.9. The number of unbranched alkanes of at least 4 members (excludes halogenated alkanes) is 1. The van der Waals surface area contributed by atoms with Gasteiger partial charge in [0.05, 0.1) is 13.2 Å². The molecule has 1 aromatic heterocycles. The third-order valence-corrected chi connectivity index (χ3v) is 5.46. The largest absolute Gasteiger partial charge is 0.378 e. The number of piperidine rings is 1. The molecule has 7 heteroatoms. The molecule has 0 saturated carbocycles. The number of hydrogen-bond donors (Lipinski definition) is 1. The third kappa shape index (κ3) is 5.39. The molecule has 2 aliphatic rings. The average Bonchev–Trinajstić information content (AvgIpc) is 2.66. The summed E-state index contributed by atoms with van der Waals surface area (Å²) in [5, 5.41) is 3.27. The molecule has 2 saturated heterocycles. The summed E-state index contributed by atoms with van der Waals surface area (Å²) >= 11 is 0. The number of morpholine rings is 1. The van der Waals surface area contributed by atoms with Crippen LogP contribution in [0.2, 0.25) is 0 Å². The molecule has 0 aliphatic carbocycles. The fourth-order valence-electron chi connectivity index (χ4n) is 3.92. The highest BCUT2D eigenvalue weighted by Gasteiger charge is 2.31. The van der Waals surface area contributed by atoms with E-state index < -0.39 is 0 Å². The molecular formula is C20H33N5O2. The normalized spacial score (nSPS) is 22.0. The van der Waals surface area contributed by atoms with Crippen molar-refractivity contribution in [3.05, 3.63) is 17.6 Å². The van der Waals surface area contributed by atoms with E-state index in [-0.39, 0.29) is 18.0 Å². The van der Waals surface area contributed by atoms with Crippen LogP contribution in [0.25, 0.3) is 0 Å². The van der Waals surface area contributed by atoms with Gasteiger partial charge in [-0.1, -0.05) is 13.3 Å². The quantitative estimate of drug-likeness (QED) is 0.816. The van der Waals surface area contributed by atoms with Gasteiger partial charge in [-0.15, -0.1) is 0 Å². The lowest BCUT2D eigenvalue weighted by Crippen LogP contribution is -2.56. The summed E-state index contributed by atoms with van der Waals surface area (Å²) in [5.74, 6) is 1.93. The smallest absolute Gasteiger partial charge is 0.239 e. The van der Waals surface area contributed by atoms with Crippen molar-refractivity contribution in [1.29, 1.82) is 0 Å². The van der Waals surface area contributed by atoms with E-state index in [9.17, 15) is 4.79 Å². The third-order valence-electron chi connectivity index (χ3n) is 5.46. The van der Waals surface area contributed by atoms with E-state index in [4.69, 9.17) is 4.74 Å². The van der Waals surface area contributed by atoms with Gasteiger partial charge in [-0.2, -0.15) is 0 Å². The average molecular weight is 376 g/mol. The number of aromatic nitrogens is 2. The van der Waals surface area contributed by atoms with E-state index in [2.05, 4.69) is 32.0 Å². The molecule has 0 bridgehead atoms. The Kier molecular flexibility index (Phi) is 7.01. The summed E-state index contributed by atoms with van der Waals surface area (Å²) in [7, 11) is 0. The molecule has 1 amide bonds. The summed E-state index contributed by atoms with van der Waals surface area (Å²) in [6, 6.07) is 2.12. The predicted octanol–water partition coefficient (Wildman–Crippen LogP) is 1.68. The highest BCUT2D eigenvalue weighted by Crippen LogP contribution is 2.19. The minimum absolute atomic E-state index is 0.123. The minimum Gasteiger partial charge on any atom is -0.378 e. The van der Waals surface area contributed by atoms with E-state index >= 15 is 0 Å². The maximum absolute atomic E-state index is 12.8. The fourth-order valence-corrected chi connectivity index (χ4v) is 3.92. The molecule has 1 atom stereocenters. The standard InChI is InChI=1S/C20H33N5O2/c1-4-5-8-24-11-12-27-14-18(24)20(26)23-17-6-9-25(10-7-17)19-13-15(2)21-16(3)22-19/h13,17-18H,4-12,14H2,1-3H3,(H,23,26). The molecule has 0 radical (unpaired) electrons. The van der Waals surface area contributed by atoms with Gasteiger partial charge in [0.25, 0.3) is 0 Å². The van der Waals surface area contributed by atoms with Crippen LogP contribution in [-0.4, -0.2) is 72.3 Å². The van der Waals surface area contributed by atoms with Gasteiger partial charge >= 0.3 is 0 Å². The SMILES string of the molecule is CCCCN1CCOCC1C(=O)NC1CCN(c2cc(C)nc(C)n2)CC1. The fraction of sp³-hybridized carbons (Fsp3) is 0.750. The van der Waals surface area contributed by atoms with Crippen LogP contribution in [0, 0.1) is 13.8 Å². The molecule has 1 aromatic rings. The lowest BCUT2D eigenvalue weighted by molar-refractivity contribution is -0.133. The van der Waals surface area contributed by atoms with Gasteiger partial charge in [-0.25, -0.2) is 9.97 Å².